The van der Waals surface area contributed by atoms with E-state index in [1.54, 1.807) is 0 Å². The molecule has 0 aromatic carbocycles. The normalized spacial score (nSPS) is 35.6. The van der Waals surface area contributed by atoms with Crippen LogP contribution in [0.5, 0.6) is 0 Å². The van der Waals surface area contributed by atoms with Gasteiger partial charge in [-0.3, -0.25) is 4.79 Å². The monoisotopic (exact) mass is 342 g/mol. The minimum Gasteiger partial charge on any atom is -0.394 e. The quantitative estimate of drug-likeness (QED) is 0.209. The van der Waals surface area contributed by atoms with Crippen molar-refractivity contribution in [2.45, 2.75) is 49.0 Å². The molecule has 136 valence electrons. The van der Waals surface area contributed by atoms with Crippen molar-refractivity contribution < 1.29 is 55.1 Å². The SMILES string of the molecule is O=C(CO)[C@H](O)[C@@H](O)[C@H](O)CO[C@H]1O[C@H](CO)[C@@H](O)[C@H](O)[C@H]1O. The summed E-state index contributed by atoms with van der Waals surface area (Å²) in [6.07, 6.45) is -13.4. The number of carbonyl (C=O) groups is 1. The van der Waals surface area contributed by atoms with Crippen LogP contribution >= 0.6 is 0 Å². The van der Waals surface area contributed by atoms with E-state index in [2.05, 4.69) is 0 Å². The molecule has 0 unspecified atom stereocenters. The number of aliphatic hydroxyl groups excluding tert-OH is 8. The van der Waals surface area contributed by atoms with E-state index in [1.807, 2.05) is 0 Å². The maximum absolute atomic E-state index is 11.0. The second-order valence-corrected chi connectivity index (χ2v) is 5.16. The smallest absolute Gasteiger partial charge is 0.189 e. The van der Waals surface area contributed by atoms with Gasteiger partial charge in [0, 0.05) is 0 Å². The van der Waals surface area contributed by atoms with E-state index >= 15 is 0 Å². The number of ether oxygens (including phenoxy) is 2. The van der Waals surface area contributed by atoms with Gasteiger partial charge in [0.15, 0.2) is 12.1 Å². The molecule has 0 radical (unpaired) electrons. The molecular weight excluding hydrogens is 320 g/mol. The summed E-state index contributed by atoms with van der Waals surface area (Å²) in [4.78, 5) is 11.0. The summed E-state index contributed by atoms with van der Waals surface area (Å²) in [5.74, 6) is -1.11. The van der Waals surface area contributed by atoms with E-state index in [0.29, 0.717) is 0 Å². The van der Waals surface area contributed by atoms with Gasteiger partial charge in [-0.1, -0.05) is 0 Å². The first kappa shape index (κ1) is 20.3. The molecule has 1 heterocycles. The lowest BCUT2D eigenvalue weighted by molar-refractivity contribution is -0.306. The van der Waals surface area contributed by atoms with E-state index in [-0.39, 0.29) is 0 Å². The Kier molecular flexibility index (Phi) is 7.89. The van der Waals surface area contributed by atoms with Gasteiger partial charge >= 0.3 is 0 Å². The lowest BCUT2D eigenvalue weighted by Gasteiger charge is -2.40. The molecule has 0 aliphatic carbocycles. The first-order valence-electron chi connectivity index (χ1n) is 6.84. The van der Waals surface area contributed by atoms with Crippen molar-refractivity contribution in [1.29, 1.82) is 0 Å². The first-order chi connectivity index (χ1) is 10.7. The Morgan fingerprint density at radius 3 is 2.17 bits per heavy atom. The Labute approximate surface area is 130 Å². The van der Waals surface area contributed by atoms with E-state index in [1.165, 1.54) is 0 Å². The number of aliphatic hydroxyl groups is 8. The van der Waals surface area contributed by atoms with E-state index < -0.39 is 74.6 Å². The highest BCUT2D eigenvalue weighted by Gasteiger charge is 2.44. The Morgan fingerprint density at radius 2 is 1.65 bits per heavy atom. The lowest BCUT2D eigenvalue weighted by atomic mass is 9.99. The number of hydrogen-bond donors (Lipinski definition) is 8. The molecule has 1 fully saturated rings. The van der Waals surface area contributed by atoms with Crippen LogP contribution in [0.25, 0.3) is 0 Å². The molecular formula is C12H22O11. The first-order valence-corrected chi connectivity index (χ1v) is 6.84. The highest BCUT2D eigenvalue weighted by Crippen LogP contribution is 2.22. The fourth-order valence-corrected chi connectivity index (χ4v) is 1.99. The number of rotatable bonds is 8. The highest BCUT2D eigenvalue weighted by atomic mass is 16.7. The van der Waals surface area contributed by atoms with Gasteiger partial charge in [0.1, 0.15) is 49.3 Å². The second kappa shape index (κ2) is 8.94. The van der Waals surface area contributed by atoms with Crippen LogP contribution in [-0.2, 0) is 14.3 Å². The molecule has 11 nitrogen and oxygen atoms in total. The molecule has 23 heavy (non-hydrogen) atoms. The molecule has 1 rings (SSSR count). The predicted molar refractivity (Wildman–Crippen MR) is 69.8 cm³/mol. The Morgan fingerprint density at radius 1 is 1.04 bits per heavy atom. The molecule has 8 N–H and O–H groups in total. The van der Waals surface area contributed by atoms with Crippen molar-refractivity contribution in [2.24, 2.45) is 0 Å². The summed E-state index contributed by atoms with van der Waals surface area (Å²) in [6.45, 7) is -2.40. The third-order valence-electron chi connectivity index (χ3n) is 3.48. The third-order valence-corrected chi connectivity index (χ3v) is 3.48. The lowest BCUT2D eigenvalue weighted by Crippen LogP contribution is -2.59. The highest BCUT2D eigenvalue weighted by molar-refractivity contribution is 5.84. The average molecular weight is 342 g/mol. The van der Waals surface area contributed by atoms with Crippen LogP contribution in [0.15, 0.2) is 0 Å². The van der Waals surface area contributed by atoms with Crippen molar-refractivity contribution in [3.05, 3.63) is 0 Å². The number of hydrogen-bond acceptors (Lipinski definition) is 11. The zero-order chi connectivity index (χ0) is 17.7. The average Bonchev–Trinajstić information content (AvgIpc) is 2.56. The van der Waals surface area contributed by atoms with Crippen LogP contribution in [0.3, 0.4) is 0 Å². The van der Waals surface area contributed by atoms with E-state index in [4.69, 9.17) is 19.7 Å². The minimum atomic E-state index is -2.03. The molecule has 0 bridgehead atoms. The van der Waals surface area contributed by atoms with Crippen LogP contribution in [0.1, 0.15) is 0 Å². The zero-order valence-corrected chi connectivity index (χ0v) is 12.0. The molecule has 0 aromatic heterocycles. The van der Waals surface area contributed by atoms with Crippen molar-refractivity contribution in [3.8, 4) is 0 Å². The summed E-state index contributed by atoms with van der Waals surface area (Å²) in [6, 6.07) is 0. The fourth-order valence-electron chi connectivity index (χ4n) is 1.99. The van der Waals surface area contributed by atoms with Gasteiger partial charge in [-0.05, 0) is 0 Å². The Bertz CT molecular complexity index is 376. The van der Waals surface area contributed by atoms with Gasteiger partial charge in [-0.15, -0.1) is 0 Å². The molecule has 11 heteroatoms. The summed E-state index contributed by atoms with van der Waals surface area (Å²) in [7, 11) is 0. The van der Waals surface area contributed by atoms with Crippen LogP contribution in [0, 0.1) is 0 Å². The Balaban J connectivity index is 2.57. The largest absolute Gasteiger partial charge is 0.394 e. The van der Waals surface area contributed by atoms with Crippen LogP contribution < -0.4 is 0 Å². The maximum Gasteiger partial charge on any atom is 0.189 e. The van der Waals surface area contributed by atoms with E-state index in [0.717, 1.165) is 0 Å². The summed E-state index contributed by atoms with van der Waals surface area (Å²) < 4.78 is 9.94. The number of carbonyl (C=O) groups excluding carboxylic acids is 1. The summed E-state index contributed by atoms with van der Waals surface area (Å²) in [5.41, 5.74) is 0. The third kappa shape index (κ3) is 4.87. The van der Waals surface area contributed by atoms with Crippen LogP contribution in [0.2, 0.25) is 0 Å². The standard InChI is InChI=1S/C12H22O11/c13-1-4(15)7(17)8(18)5(16)3-22-12-11(21)10(20)9(19)6(2-14)23-12/h5-14,16-21H,1-3H2/t5-,6-,7+,8+,9-,10+,11-,12+/m1/s1. The van der Waals surface area contributed by atoms with Gasteiger partial charge in [0.2, 0.25) is 0 Å². The number of Topliss-reactive ketones (excluding diaryl/α,β-unsaturated/α-hetero) is 1. The fraction of sp³-hybridized carbons (Fsp3) is 0.917. The van der Waals surface area contributed by atoms with Crippen molar-refractivity contribution >= 4 is 5.78 Å². The van der Waals surface area contributed by atoms with Gasteiger partial charge in [-0.25, -0.2) is 0 Å². The topological polar surface area (TPSA) is 197 Å². The molecule has 1 aliphatic rings. The Hall–Kier alpha value is -0.730. The van der Waals surface area contributed by atoms with E-state index in [9.17, 15) is 35.4 Å². The van der Waals surface area contributed by atoms with Gasteiger partial charge in [0.25, 0.3) is 0 Å². The van der Waals surface area contributed by atoms with Crippen molar-refractivity contribution in [2.75, 3.05) is 19.8 Å². The maximum atomic E-state index is 11.0. The van der Waals surface area contributed by atoms with Gasteiger partial charge < -0.3 is 50.3 Å². The molecule has 0 saturated carbocycles. The number of ketones is 1. The molecule has 0 amide bonds. The summed E-state index contributed by atoms with van der Waals surface area (Å²) in [5, 5.41) is 74.8. The molecule has 8 atom stereocenters. The van der Waals surface area contributed by atoms with Crippen LogP contribution in [0.4, 0.5) is 0 Å². The van der Waals surface area contributed by atoms with Gasteiger partial charge in [-0.2, -0.15) is 0 Å². The van der Waals surface area contributed by atoms with Crippen molar-refractivity contribution in [1.82, 2.24) is 0 Å². The van der Waals surface area contributed by atoms with Gasteiger partial charge in [0.05, 0.1) is 13.2 Å². The molecule has 0 aromatic rings. The predicted octanol–water partition coefficient (Wildman–Crippen LogP) is -5.55. The molecule has 1 aliphatic heterocycles. The second-order valence-electron chi connectivity index (χ2n) is 5.16. The molecule has 0 spiro atoms. The van der Waals surface area contributed by atoms with Crippen LogP contribution in [-0.4, -0.2) is 115 Å². The summed E-state index contributed by atoms with van der Waals surface area (Å²) >= 11 is 0. The zero-order valence-electron chi connectivity index (χ0n) is 12.0. The minimum absolute atomic E-state index is 0.667. The molecule has 1 saturated heterocycles. The van der Waals surface area contributed by atoms with Crippen molar-refractivity contribution in [3.63, 3.8) is 0 Å².